The molecule has 5 heteroatoms. The van der Waals surface area contributed by atoms with Gasteiger partial charge in [0.15, 0.2) is 0 Å². The topological polar surface area (TPSA) is 67.4 Å². The smallest absolute Gasteiger partial charge is 0.227 e. The Kier molecular flexibility index (Phi) is 4.52. The molecule has 5 nitrogen and oxygen atoms in total. The molecule has 1 aliphatic heterocycles. The second kappa shape index (κ2) is 6.33. The molecule has 2 N–H and O–H groups in total. The number of carbonyl (C=O) groups is 2. The minimum atomic E-state index is -0.159. The molecule has 0 unspecified atom stereocenters. The molecule has 0 bridgehead atoms. The lowest BCUT2D eigenvalue weighted by Gasteiger charge is -2.22. The summed E-state index contributed by atoms with van der Waals surface area (Å²) in [6.07, 6.45) is 1.49. The van der Waals surface area contributed by atoms with Crippen molar-refractivity contribution in [3.8, 4) is 0 Å². The fourth-order valence-corrected chi connectivity index (χ4v) is 2.09. The summed E-state index contributed by atoms with van der Waals surface area (Å²) < 4.78 is 5.24. The molecule has 0 saturated carbocycles. The average molecular weight is 262 g/mol. The van der Waals surface area contributed by atoms with E-state index >= 15 is 0 Å². The maximum Gasteiger partial charge on any atom is 0.227 e. The predicted octanol–water partition coefficient (Wildman–Crippen LogP) is 2.01. The largest absolute Gasteiger partial charge is 0.381 e. The van der Waals surface area contributed by atoms with E-state index in [9.17, 15) is 9.59 Å². The summed E-state index contributed by atoms with van der Waals surface area (Å²) in [5.41, 5.74) is 1.25. The van der Waals surface area contributed by atoms with Crippen molar-refractivity contribution in [1.82, 2.24) is 0 Å². The Bertz CT molecular complexity index is 468. The van der Waals surface area contributed by atoms with Gasteiger partial charge in [-0.25, -0.2) is 0 Å². The number of amides is 2. The van der Waals surface area contributed by atoms with E-state index in [-0.39, 0.29) is 17.7 Å². The zero-order chi connectivity index (χ0) is 13.7. The minimum absolute atomic E-state index is 0.0129. The van der Waals surface area contributed by atoms with Crippen molar-refractivity contribution in [3.63, 3.8) is 0 Å². The number of carbonyl (C=O) groups excluding carboxylic acids is 2. The molecule has 1 aliphatic rings. The van der Waals surface area contributed by atoms with Crippen LogP contribution in [0.15, 0.2) is 24.3 Å². The summed E-state index contributed by atoms with van der Waals surface area (Å²) in [4.78, 5) is 23.2. The zero-order valence-corrected chi connectivity index (χ0v) is 10.9. The summed E-state index contributed by atoms with van der Waals surface area (Å²) in [6.45, 7) is 2.70. The number of para-hydroxylation sites is 2. The molecular formula is C14H18N2O3. The Hall–Kier alpha value is -1.88. The second-order valence-corrected chi connectivity index (χ2v) is 4.60. The molecule has 0 aliphatic carbocycles. The minimum Gasteiger partial charge on any atom is -0.381 e. The van der Waals surface area contributed by atoms with Gasteiger partial charge in [-0.05, 0) is 25.0 Å². The van der Waals surface area contributed by atoms with Gasteiger partial charge in [0, 0.05) is 26.1 Å². The Labute approximate surface area is 112 Å². The van der Waals surface area contributed by atoms with E-state index in [1.54, 1.807) is 12.1 Å². The molecule has 1 heterocycles. The SMILES string of the molecule is CC(=O)Nc1ccccc1NC(=O)C1CCOCC1. The average Bonchev–Trinajstić information content (AvgIpc) is 2.41. The van der Waals surface area contributed by atoms with Crippen molar-refractivity contribution in [2.45, 2.75) is 19.8 Å². The van der Waals surface area contributed by atoms with Crippen LogP contribution in [0.2, 0.25) is 0 Å². The normalized spacial score (nSPS) is 15.8. The molecule has 1 fully saturated rings. The summed E-state index contributed by atoms with van der Waals surface area (Å²) >= 11 is 0. The van der Waals surface area contributed by atoms with E-state index in [4.69, 9.17) is 4.74 Å². The van der Waals surface area contributed by atoms with E-state index in [2.05, 4.69) is 10.6 Å². The highest BCUT2D eigenvalue weighted by molar-refractivity contribution is 5.99. The van der Waals surface area contributed by atoms with Gasteiger partial charge in [-0.3, -0.25) is 9.59 Å². The van der Waals surface area contributed by atoms with Crippen LogP contribution in [0.25, 0.3) is 0 Å². The van der Waals surface area contributed by atoms with Crippen molar-refractivity contribution in [1.29, 1.82) is 0 Å². The highest BCUT2D eigenvalue weighted by Gasteiger charge is 2.22. The van der Waals surface area contributed by atoms with Crippen LogP contribution in [0, 0.1) is 5.92 Å². The number of benzene rings is 1. The van der Waals surface area contributed by atoms with Crippen molar-refractivity contribution in [2.24, 2.45) is 5.92 Å². The Morgan fingerprint density at radius 1 is 1.11 bits per heavy atom. The Morgan fingerprint density at radius 3 is 2.26 bits per heavy atom. The van der Waals surface area contributed by atoms with Gasteiger partial charge < -0.3 is 15.4 Å². The van der Waals surface area contributed by atoms with Crippen LogP contribution in [-0.2, 0) is 14.3 Å². The van der Waals surface area contributed by atoms with Crippen LogP contribution in [0.1, 0.15) is 19.8 Å². The van der Waals surface area contributed by atoms with Gasteiger partial charge in [0.1, 0.15) is 0 Å². The zero-order valence-electron chi connectivity index (χ0n) is 10.9. The molecule has 0 radical (unpaired) electrons. The van der Waals surface area contributed by atoms with Gasteiger partial charge in [-0.15, -0.1) is 0 Å². The molecule has 0 atom stereocenters. The number of hydrogen-bond donors (Lipinski definition) is 2. The lowest BCUT2D eigenvalue weighted by Crippen LogP contribution is -2.28. The monoisotopic (exact) mass is 262 g/mol. The molecule has 2 rings (SSSR count). The first-order valence-corrected chi connectivity index (χ1v) is 6.42. The highest BCUT2D eigenvalue weighted by Crippen LogP contribution is 2.23. The van der Waals surface area contributed by atoms with Crippen molar-refractivity contribution in [3.05, 3.63) is 24.3 Å². The third kappa shape index (κ3) is 3.79. The number of nitrogens with one attached hydrogen (secondary N) is 2. The molecule has 0 aromatic heterocycles. The van der Waals surface area contributed by atoms with E-state index in [1.807, 2.05) is 12.1 Å². The van der Waals surface area contributed by atoms with Crippen LogP contribution in [0.3, 0.4) is 0 Å². The molecule has 102 valence electrons. The third-order valence-electron chi connectivity index (χ3n) is 3.09. The van der Waals surface area contributed by atoms with Gasteiger partial charge in [-0.2, -0.15) is 0 Å². The van der Waals surface area contributed by atoms with Crippen LogP contribution >= 0.6 is 0 Å². The van der Waals surface area contributed by atoms with E-state index < -0.39 is 0 Å². The summed E-state index contributed by atoms with van der Waals surface area (Å²) in [5, 5.41) is 5.58. The molecule has 2 amide bonds. The van der Waals surface area contributed by atoms with Crippen LogP contribution in [0.4, 0.5) is 11.4 Å². The van der Waals surface area contributed by atoms with E-state index in [0.717, 1.165) is 12.8 Å². The van der Waals surface area contributed by atoms with Crippen LogP contribution in [0.5, 0.6) is 0 Å². The second-order valence-electron chi connectivity index (χ2n) is 4.60. The molecule has 0 spiro atoms. The summed E-state index contributed by atoms with van der Waals surface area (Å²) in [7, 11) is 0. The van der Waals surface area contributed by atoms with Crippen molar-refractivity contribution in [2.75, 3.05) is 23.8 Å². The molecule has 1 aromatic rings. The first-order chi connectivity index (χ1) is 9.16. The molecular weight excluding hydrogens is 244 g/mol. The Morgan fingerprint density at radius 2 is 1.68 bits per heavy atom. The van der Waals surface area contributed by atoms with E-state index in [1.165, 1.54) is 6.92 Å². The third-order valence-corrected chi connectivity index (χ3v) is 3.09. The lowest BCUT2D eigenvalue weighted by atomic mass is 9.99. The quantitative estimate of drug-likeness (QED) is 0.875. The number of anilines is 2. The van der Waals surface area contributed by atoms with E-state index in [0.29, 0.717) is 24.6 Å². The first-order valence-electron chi connectivity index (χ1n) is 6.42. The number of hydrogen-bond acceptors (Lipinski definition) is 3. The van der Waals surface area contributed by atoms with Crippen LogP contribution in [-0.4, -0.2) is 25.0 Å². The molecule has 1 aromatic carbocycles. The van der Waals surface area contributed by atoms with Crippen molar-refractivity contribution < 1.29 is 14.3 Å². The molecule has 1 saturated heterocycles. The van der Waals surface area contributed by atoms with Gasteiger partial charge >= 0.3 is 0 Å². The fraction of sp³-hybridized carbons (Fsp3) is 0.429. The maximum atomic E-state index is 12.1. The van der Waals surface area contributed by atoms with Gasteiger partial charge in [0.2, 0.25) is 11.8 Å². The fourth-order valence-electron chi connectivity index (χ4n) is 2.09. The van der Waals surface area contributed by atoms with Gasteiger partial charge in [0.25, 0.3) is 0 Å². The number of ether oxygens (including phenoxy) is 1. The lowest BCUT2D eigenvalue weighted by molar-refractivity contribution is -0.122. The highest BCUT2D eigenvalue weighted by atomic mass is 16.5. The maximum absolute atomic E-state index is 12.1. The molecule has 19 heavy (non-hydrogen) atoms. The van der Waals surface area contributed by atoms with Gasteiger partial charge in [-0.1, -0.05) is 12.1 Å². The van der Waals surface area contributed by atoms with Gasteiger partial charge in [0.05, 0.1) is 11.4 Å². The summed E-state index contributed by atoms with van der Waals surface area (Å²) in [6, 6.07) is 7.18. The predicted molar refractivity (Wildman–Crippen MR) is 72.9 cm³/mol. The van der Waals surface area contributed by atoms with Crippen molar-refractivity contribution >= 4 is 23.2 Å². The standard InChI is InChI=1S/C14H18N2O3/c1-10(17)15-12-4-2-3-5-13(12)16-14(18)11-6-8-19-9-7-11/h2-5,11H,6-9H2,1H3,(H,15,17)(H,16,18). The van der Waals surface area contributed by atoms with Crippen LogP contribution < -0.4 is 10.6 Å². The first kappa shape index (κ1) is 13.5. The summed E-state index contributed by atoms with van der Waals surface area (Å²) in [5.74, 6) is -0.187. The number of rotatable bonds is 3. The Balaban J connectivity index is 2.05.